The molecule has 0 saturated heterocycles. The zero-order valence-electron chi connectivity index (χ0n) is 6.39. The van der Waals surface area contributed by atoms with Crippen LogP contribution in [0.2, 0.25) is 0 Å². The van der Waals surface area contributed by atoms with Gasteiger partial charge in [0.25, 0.3) is 0 Å². The third kappa shape index (κ3) is 3.07. The molecule has 10 heavy (non-hydrogen) atoms. The summed E-state index contributed by atoms with van der Waals surface area (Å²) in [5.41, 5.74) is 0.715. The van der Waals surface area contributed by atoms with Crippen LogP contribution in [0, 0.1) is 0 Å². The Hall–Kier alpha value is -1.05. The summed E-state index contributed by atoms with van der Waals surface area (Å²) in [4.78, 5) is 1.76. The first-order chi connectivity index (χ1) is 4.57. The van der Waals surface area contributed by atoms with E-state index < -0.39 is 5.83 Å². The van der Waals surface area contributed by atoms with E-state index in [2.05, 4.69) is 13.2 Å². The minimum absolute atomic E-state index is 0.455. The molecule has 0 amide bonds. The maximum Gasteiger partial charge on any atom is 0.118 e. The Balaban J connectivity index is 4.33. The maximum absolute atomic E-state index is 12.2. The third-order valence-electron chi connectivity index (χ3n) is 1.03. The first-order valence-electron chi connectivity index (χ1n) is 2.93. The van der Waals surface area contributed by atoms with Gasteiger partial charge in [0, 0.05) is 19.8 Å². The van der Waals surface area contributed by atoms with Gasteiger partial charge in [-0.1, -0.05) is 13.2 Å². The minimum Gasteiger partial charge on any atom is -0.378 e. The van der Waals surface area contributed by atoms with E-state index in [9.17, 15) is 4.39 Å². The summed E-state index contributed by atoms with van der Waals surface area (Å²) in [7, 11) is 3.63. The summed E-state index contributed by atoms with van der Waals surface area (Å²) in [5, 5.41) is 0. The summed E-state index contributed by atoms with van der Waals surface area (Å²) in [6, 6.07) is 0. The molecule has 0 saturated carbocycles. The average molecular weight is 141 g/mol. The van der Waals surface area contributed by atoms with Crippen LogP contribution in [-0.2, 0) is 0 Å². The summed E-state index contributed by atoms with van der Waals surface area (Å²) in [6.07, 6.45) is 2.90. The Labute approximate surface area is 61.2 Å². The van der Waals surface area contributed by atoms with Crippen LogP contribution in [0.1, 0.15) is 0 Å². The van der Waals surface area contributed by atoms with Gasteiger partial charge >= 0.3 is 0 Å². The van der Waals surface area contributed by atoms with Crippen molar-refractivity contribution < 1.29 is 4.39 Å². The van der Waals surface area contributed by atoms with Crippen molar-refractivity contribution in [1.82, 2.24) is 4.90 Å². The van der Waals surface area contributed by atoms with Gasteiger partial charge in [-0.15, -0.1) is 0 Å². The van der Waals surface area contributed by atoms with Crippen LogP contribution in [0.25, 0.3) is 0 Å². The normalized spacial score (nSPS) is 10.9. The number of nitrogens with zero attached hydrogens (tertiary/aromatic N) is 1. The monoisotopic (exact) mass is 141 g/mol. The average Bonchev–Trinajstić information content (AvgIpc) is 1.81. The van der Waals surface area contributed by atoms with E-state index in [1.807, 2.05) is 14.1 Å². The molecule has 0 radical (unpaired) electrons. The number of likely N-dealkylation sites (N-methyl/N-ethyl adjacent to an activating group) is 1. The van der Waals surface area contributed by atoms with Gasteiger partial charge < -0.3 is 4.90 Å². The highest BCUT2D eigenvalue weighted by Crippen LogP contribution is 2.04. The van der Waals surface area contributed by atoms with Crippen molar-refractivity contribution in [3.05, 3.63) is 36.8 Å². The second-order valence-corrected chi connectivity index (χ2v) is 2.11. The van der Waals surface area contributed by atoms with E-state index in [-0.39, 0.29) is 0 Å². The molecular weight excluding hydrogens is 129 g/mol. The standard InChI is InChI=1S/C8H12FN/c1-5-8(10(3)4)6-7(2)9/h5-6H,1-2H2,3-4H3/b8-6+. The number of hydrogen-bond acceptors (Lipinski definition) is 1. The molecule has 0 fully saturated rings. The van der Waals surface area contributed by atoms with Gasteiger partial charge in [-0.25, -0.2) is 4.39 Å². The fraction of sp³-hybridized carbons (Fsp3) is 0.250. The Morgan fingerprint density at radius 2 is 2.00 bits per heavy atom. The lowest BCUT2D eigenvalue weighted by molar-refractivity contribution is 0.525. The molecule has 0 bridgehead atoms. The highest BCUT2D eigenvalue weighted by Gasteiger charge is 1.93. The molecule has 0 aromatic rings. The highest BCUT2D eigenvalue weighted by molar-refractivity contribution is 5.22. The van der Waals surface area contributed by atoms with Crippen molar-refractivity contribution in [2.45, 2.75) is 0 Å². The van der Waals surface area contributed by atoms with Crippen LogP contribution in [0.5, 0.6) is 0 Å². The van der Waals surface area contributed by atoms with E-state index in [1.165, 1.54) is 6.08 Å². The van der Waals surface area contributed by atoms with Crippen LogP contribution < -0.4 is 0 Å². The first kappa shape index (κ1) is 8.95. The summed E-state index contributed by atoms with van der Waals surface area (Å²) < 4.78 is 12.2. The molecule has 0 aliphatic carbocycles. The lowest BCUT2D eigenvalue weighted by Crippen LogP contribution is -2.08. The molecule has 0 aromatic heterocycles. The fourth-order valence-electron chi connectivity index (χ4n) is 0.531. The fourth-order valence-corrected chi connectivity index (χ4v) is 0.531. The zero-order valence-corrected chi connectivity index (χ0v) is 6.39. The molecule has 0 aliphatic rings. The van der Waals surface area contributed by atoms with Crippen molar-refractivity contribution in [2.75, 3.05) is 14.1 Å². The molecule has 0 spiro atoms. The van der Waals surface area contributed by atoms with Gasteiger partial charge in [0.1, 0.15) is 5.83 Å². The van der Waals surface area contributed by atoms with Gasteiger partial charge in [-0.3, -0.25) is 0 Å². The van der Waals surface area contributed by atoms with E-state index in [1.54, 1.807) is 11.0 Å². The highest BCUT2D eigenvalue weighted by atomic mass is 19.1. The van der Waals surface area contributed by atoms with Gasteiger partial charge in [0.05, 0.1) is 0 Å². The van der Waals surface area contributed by atoms with Gasteiger partial charge in [0.2, 0.25) is 0 Å². The zero-order chi connectivity index (χ0) is 8.15. The second-order valence-electron chi connectivity index (χ2n) is 2.11. The van der Waals surface area contributed by atoms with Gasteiger partial charge in [0.15, 0.2) is 0 Å². The third-order valence-corrected chi connectivity index (χ3v) is 1.03. The topological polar surface area (TPSA) is 3.24 Å². The molecule has 0 unspecified atom stereocenters. The molecule has 0 N–H and O–H groups in total. The van der Waals surface area contributed by atoms with Crippen LogP contribution in [0.15, 0.2) is 36.8 Å². The molecule has 0 heterocycles. The number of hydrogen-bond donors (Lipinski definition) is 0. The predicted molar refractivity (Wildman–Crippen MR) is 42.2 cm³/mol. The van der Waals surface area contributed by atoms with Crippen molar-refractivity contribution in [2.24, 2.45) is 0 Å². The van der Waals surface area contributed by atoms with Crippen LogP contribution in [0.4, 0.5) is 4.39 Å². The summed E-state index contributed by atoms with van der Waals surface area (Å²) in [6.45, 7) is 6.63. The predicted octanol–water partition coefficient (Wildman–Crippen LogP) is 2.10. The Kier molecular flexibility index (Phi) is 3.47. The van der Waals surface area contributed by atoms with Gasteiger partial charge in [-0.05, 0) is 12.2 Å². The molecule has 56 valence electrons. The van der Waals surface area contributed by atoms with Crippen LogP contribution >= 0.6 is 0 Å². The number of allylic oxidation sites excluding steroid dienone is 3. The molecular formula is C8H12FN. The van der Waals surface area contributed by atoms with Crippen LogP contribution in [0.3, 0.4) is 0 Å². The summed E-state index contributed by atoms with van der Waals surface area (Å²) >= 11 is 0. The molecule has 0 aromatic carbocycles. The van der Waals surface area contributed by atoms with E-state index in [4.69, 9.17) is 0 Å². The van der Waals surface area contributed by atoms with Crippen molar-refractivity contribution >= 4 is 0 Å². The SMILES string of the molecule is C=C/C(=C\C(=C)F)N(C)C. The second kappa shape index (κ2) is 3.88. The first-order valence-corrected chi connectivity index (χ1v) is 2.93. The number of halogens is 1. The lowest BCUT2D eigenvalue weighted by atomic mass is 10.3. The van der Waals surface area contributed by atoms with Crippen LogP contribution in [-0.4, -0.2) is 19.0 Å². The van der Waals surface area contributed by atoms with Gasteiger partial charge in [-0.2, -0.15) is 0 Å². The molecule has 1 nitrogen and oxygen atoms in total. The van der Waals surface area contributed by atoms with E-state index in [0.29, 0.717) is 5.70 Å². The van der Waals surface area contributed by atoms with E-state index in [0.717, 1.165) is 0 Å². The van der Waals surface area contributed by atoms with Crippen molar-refractivity contribution in [3.63, 3.8) is 0 Å². The lowest BCUT2D eigenvalue weighted by Gasteiger charge is -2.11. The molecule has 0 atom stereocenters. The maximum atomic E-state index is 12.2. The largest absolute Gasteiger partial charge is 0.378 e. The number of rotatable bonds is 3. The Morgan fingerprint density at radius 3 is 2.10 bits per heavy atom. The Bertz CT molecular complexity index is 168. The summed E-state index contributed by atoms with van der Waals surface area (Å²) in [5.74, 6) is -0.455. The van der Waals surface area contributed by atoms with Crippen molar-refractivity contribution in [1.29, 1.82) is 0 Å². The Morgan fingerprint density at radius 1 is 1.50 bits per heavy atom. The van der Waals surface area contributed by atoms with Crippen molar-refractivity contribution in [3.8, 4) is 0 Å². The molecule has 0 rings (SSSR count). The smallest absolute Gasteiger partial charge is 0.118 e. The molecule has 2 heteroatoms. The quantitative estimate of drug-likeness (QED) is 0.544. The minimum atomic E-state index is -0.455. The molecule has 0 aliphatic heterocycles. The van der Waals surface area contributed by atoms with E-state index >= 15 is 0 Å².